The van der Waals surface area contributed by atoms with Crippen LogP contribution in [0.4, 0.5) is 11.4 Å². The van der Waals surface area contributed by atoms with Gasteiger partial charge in [0.15, 0.2) is 0 Å². The Hall–Kier alpha value is -2.48. The molecule has 1 N–H and O–H groups in total. The Morgan fingerprint density at radius 2 is 2.00 bits per heavy atom. The molecule has 24 heavy (non-hydrogen) atoms. The lowest BCUT2D eigenvalue weighted by molar-refractivity contribution is -0.116. The molecule has 1 aromatic carbocycles. The van der Waals surface area contributed by atoms with Gasteiger partial charge >= 0.3 is 0 Å². The molecule has 7 nitrogen and oxygen atoms in total. The highest BCUT2D eigenvalue weighted by Crippen LogP contribution is 2.18. The van der Waals surface area contributed by atoms with Crippen LogP contribution in [-0.4, -0.2) is 38.8 Å². The predicted molar refractivity (Wildman–Crippen MR) is 95.6 cm³/mol. The minimum atomic E-state index is -0.0171. The maximum Gasteiger partial charge on any atom is 0.234 e. The summed E-state index contributed by atoms with van der Waals surface area (Å²) in [4.78, 5) is 15.1. The fourth-order valence-corrected chi connectivity index (χ4v) is 3.30. The minimum Gasteiger partial charge on any atom is -0.372 e. The largest absolute Gasteiger partial charge is 0.372 e. The molecule has 0 aliphatic heterocycles. The van der Waals surface area contributed by atoms with Gasteiger partial charge in [-0.05, 0) is 38.1 Å². The van der Waals surface area contributed by atoms with Gasteiger partial charge < -0.3 is 10.2 Å². The third-order valence-corrected chi connectivity index (χ3v) is 4.75. The number of nitrogens with zero attached hydrogens (tertiary/aromatic N) is 5. The molecule has 0 saturated heterocycles. The molecular weight excluding hydrogens is 324 g/mol. The maximum absolute atomic E-state index is 12.1. The van der Waals surface area contributed by atoms with Crippen LogP contribution in [0.5, 0.6) is 0 Å². The number of fused-ring (bicyclic) bond motifs is 1. The van der Waals surface area contributed by atoms with Gasteiger partial charge in [0.05, 0.1) is 0 Å². The number of carbonyl (C=O) groups is 1. The fraction of sp³-hybridized carbons (Fsp3) is 0.375. The van der Waals surface area contributed by atoms with Crippen LogP contribution in [0.25, 0.3) is 4.96 Å². The Kier molecular flexibility index (Phi) is 5.05. The lowest BCUT2D eigenvalue weighted by Gasteiger charge is -2.21. The van der Waals surface area contributed by atoms with Crippen LogP contribution in [0.15, 0.2) is 30.6 Å². The summed E-state index contributed by atoms with van der Waals surface area (Å²) in [6.07, 6.45) is 2.55. The molecule has 3 aromatic rings. The second-order valence-electron chi connectivity index (χ2n) is 5.32. The van der Waals surface area contributed by atoms with E-state index in [1.54, 1.807) is 10.8 Å². The average Bonchev–Trinajstić information content (AvgIpc) is 3.17. The minimum absolute atomic E-state index is 0.0171. The van der Waals surface area contributed by atoms with E-state index in [1.165, 1.54) is 11.3 Å². The normalized spacial score (nSPS) is 10.9. The van der Waals surface area contributed by atoms with Crippen molar-refractivity contribution in [2.45, 2.75) is 26.7 Å². The molecule has 0 unspecified atom stereocenters. The monoisotopic (exact) mass is 344 g/mol. The molecule has 126 valence electrons. The molecule has 1 amide bonds. The van der Waals surface area contributed by atoms with E-state index in [9.17, 15) is 4.79 Å². The quantitative estimate of drug-likeness (QED) is 0.713. The van der Waals surface area contributed by atoms with E-state index < -0.39 is 0 Å². The number of hydrogen-bond acceptors (Lipinski definition) is 6. The molecule has 2 heterocycles. The van der Waals surface area contributed by atoms with Crippen molar-refractivity contribution in [1.82, 2.24) is 19.8 Å². The topological polar surface area (TPSA) is 75.4 Å². The van der Waals surface area contributed by atoms with Crippen LogP contribution in [0.1, 0.15) is 25.3 Å². The van der Waals surface area contributed by atoms with Crippen molar-refractivity contribution in [2.24, 2.45) is 0 Å². The molecule has 0 bridgehead atoms. The van der Waals surface area contributed by atoms with Crippen LogP contribution in [0.3, 0.4) is 0 Å². The molecule has 0 saturated carbocycles. The molecule has 0 radical (unpaired) electrons. The van der Waals surface area contributed by atoms with E-state index in [1.807, 2.05) is 24.3 Å². The SMILES string of the molecule is CCN(CC)c1ccc(NC(=O)CCc2nn3cnnc3s2)cc1. The number of aromatic nitrogens is 4. The molecule has 2 aromatic heterocycles. The van der Waals surface area contributed by atoms with Crippen molar-refractivity contribution >= 4 is 33.6 Å². The molecule has 0 spiro atoms. The highest BCUT2D eigenvalue weighted by Gasteiger charge is 2.09. The van der Waals surface area contributed by atoms with Gasteiger partial charge in [0.2, 0.25) is 10.9 Å². The molecular formula is C16H20N6OS. The summed E-state index contributed by atoms with van der Waals surface area (Å²) < 4.78 is 1.63. The Morgan fingerprint density at radius 3 is 2.67 bits per heavy atom. The van der Waals surface area contributed by atoms with Crippen LogP contribution < -0.4 is 10.2 Å². The molecule has 0 atom stereocenters. The van der Waals surface area contributed by atoms with Crippen molar-refractivity contribution in [2.75, 3.05) is 23.3 Å². The van der Waals surface area contributed by atoms with E-state index in [4.69, 9.17) is 0 Å². The van der Waals surface area contributed by atoms with E-state index in [-0.39, 0.29) is 5.91 Å². The summed E-state index contributed by atoms with van der Waals surface area (Å²) in [5.41, 5.74) is 1.98. The molecule has 0 aliphatic rings. The zero-order chi connectivity index (χ0) is 16.9. The van der Waals surface area contributed by atoms with Crippen LogP contribution >= 0.6 is 11.3 Å². The Balaban J connectivity index is 1.53. The second-order valence-corrected chi connectivity index (χ2v) is 6.36. The van der Waals surface area contributed by atoms with Crippen molar-refractivity contribution in [3.05, 3.63) is 35.6 Å². The zero-order valence-electron chi connectivity index (χ0n) is 13.8. The fourth-order valence-electron chi connectivity index (χ4n) is 2.49. The number of aryl methyl sites for hydroxylation is 1. The number of rotatable bonds is 7. The van der Waals surface area contributed by atoms with Gasteiger partial charge in [0, 0.05) is 37.3 Å². The third-order valence-electron chi connectivity index (χ3n) is 3.77. The van der Waals surface area contributed by atoms with Crippen LogP contribution in [0.2, 0.25) is 0 Å². The van der Waals surface area contributed by atoms with Gasteiger partial charge in [-0.15, -0.1) is 10.2 Å². The van der Waals surface area contributed by atoms with Gasteiger partial charge in [-0.2, -0.15) is 9.61 Å². The highest BCUT2D eigenvalue weighted by atomic mass is 32.1. The first-order valence-electron chi connectivity index (χ1n) is 8.00. The third kappa shape index (κ3) is 3.70. The van der Waals surface area contributed by atoms with E-state index >= 15 is 0 Å². The van der Waals surface area contributed by atoms with E-state index in [0.717, 1.165) is 34.4 Å². The van der Waals surface area contributed by atoms with Crippen LogP contribution in [-0.2, 0) is 11.2 Å². The standard InChI is InChI=1S/C16H20N6OS/c1-3-21(4-2)13-7-5-12(6-8-13)18-14(23)9-10-15-20-22-11-17-19-16(22)24-15/h5-8,11H,3-4,9-10H2,1-2H3,(H,18,23). The summed E-state index contributed by atoms with van der Waals surface area (Å²) in [5.74, 6) is -0.0171. The van der Waals surface area contributed by atoms with Gasteiger partial charge in [-0.25, -0.2) is 0 Å². The Labute approximate surface area is 144 Å². The first kappa shape index (κ1) is 16.4. The summed E-state index contributed by atoms with van der Waals surface area (Å²) in [6.45, 7) is 6.19. The molecule has 3 rings (SSSR count). The smallest absolute Gasteiger partial charge is 0.234 e. The summed E-state index contributed by atoms with van der Waals surface area (Å²) >= 11 is 1.46. The molecule has 0 aliphatic carbocycles. The van der Waals surface area contributed by atoms with Crippen molar-refractivity contribution in [3.63, 3.8) is 0 Å². The van der Waals surface area contributed by atoms with E-state index in [0.29, 0.717) is 12.8 Å². The number of benzene rings is 1. The predicted octanol–water partition coefficient (Wildman–Crippen LogP) is 2.60. The second kappa shape index (κ2) is 7.39. The maximum atomic E-state index is 12.1. The number of anilines is 2. The summed E-state index contributed by atoms with van der Waals surface area (Å²) in [5, 5.41) is 15.8. The average molecular weight is 344 g/mol. The van der Waals surface area contributed by atoms with Crippen molar-refractivity contribution < 1.29 is 4.79 Å². The first-order valence-corrected chi connectivity index (χ1v) is 8.81. The first-order chi connectivity index (χ1) is 11.7. The number of carbonyl (C=O) groups excluding carboxylic acids is 1. The van der Waals surface area contributed by atoms with E-state index in [2.05, 4.69) is 39.4 Å². The van der Waals surface area contributed by atoms with Gasteiger partial charge in [-0.1, -0.05) is 11.3 Å². The zero-order valence-corrected chi connectivity index (χ0v) is 14.6. The molecule has 8 heteroatoms. The summed E-state index contributed by atoms with van der Waals surface area (Å²) in [7, 11) is 0. The lowest BCUT2D eigenvalue weighted by atomic mass is 10.2. The van der Waals surface area contributed by atoms with Gasteiger partial charge in [-0.3, -0.25) is 4.79 Å². The Bertz CT molecular complexity index is 777. The van der Waals surface area contributed by atoms with Crippen molar-refractivity contribution in [3.8, 4) is 0 Å². The Morgan fingerprint density at radius 1 is 1.25 bits per heavy atom. The number of amides is 1. The van der Waals surface area contributed by atoms with Crippen molar-refractivity contribution in [1.29, 1.82) is 0 Å². The molecule has 0 fully saturated rings. The van der Waals surface area contributed by atoms with Crippen LogP contribution in [0, 0.1) is 0 Å². The number of nitrogens with one attached hydrogen (secondary N) is 1. The lowest BCUT2D eigenvalue weighted by Crippen LogP contribution is -2.21. The van der Waals surface area contributed by atoms with Gasteiger partial charge in [0.1, 0.15) is 11.3 Å². The van der Waals surface area contributed by atoms with Gasteiger partial charge in [0.25, 0.3) is 0 Å². The summed E-state index contributed by atoms with van der Waals surface area (Å²) in [6, 6.07) is 7.94. The number of hydrogen-bond donors (Lipinski definition) is 1. The highest BCUT2D eigenvalue weighted by molar-refractivity contribution is 7.16.